The molecule has 2 rings (SSSR count). The summed E-state index contributed by atoms with van der Waals surface area (Å²) >= 11 is 3.43. The third kappa shape index (κ3) is 2.75. The van der Waals surface area contributed by atoms with Crippen LogP contribution in [0, 0.1) is 0 Å². The van der Waals surface area contributed by atoms with Crippen molar-refractivity contribution in [1.82, 2.24) is 0 Å². The molecule has 2 heteroatoms. The fraction of sp³-hybridized carbons (Fsp3) is 0.538. The average molecular weight is 269 g/mol. The first-order valence-electron chi connectivity index (χ1n) is 5.64. The van der Waals surface area contributed by atoms with Gasteiger partial charge in [-0.1, -0.05) is 22.0 Å². The summed E-state index contributed by atoms with van der Waals surface area (Å²) in [5.41, 5.74) is 2.99. The summed E-state index contributed by atoms with van der Waals surface area (Å²) < 4.78 is 5.85. The van der Waals surface area contributed by atoms with E-state index in [2.05, 4.69) is 41.1 Å². The van der Waals surface area contributed by atoms with Gasteiger partial charge >= 0.3 is 0 Å². The lowest BCUT2D eigenvalue weighted by Crippen LogP contribution is -2.12. The van der Waals surface area contributed by atoms with Crippen LogP contribution in [0.5, 0.6) is 5.75 Å². The summed E-state index contributed by atoms with van der Waals surface area (Å²) in [6, 6.07) is 6.54. The van der Waals surface area contributed by atoms with Crippen molar-refractivity contribution in [3.05, 3.63) is 29.3 Å². The van der Waals surface area contributed by atoms with E-state index in [4.69, 9.17) is 4.74 Å². The van der Waals surface area contributed by atoms with E-state index in [1.807, 2.05) is 0 Å². The van der Waals surface area contributed by atoms with Crippen molar-refractivity contribution in [2.75, 3.05) is 5.33 Å². The van der Waals surface area contributed by atoms with Gasteiger partial charge in [-0.2, -0.15) is 0 Å². The molecule has 0 radical (unpaired) electrons. The van der Waals surface area contributed by atoms with E-state index >= 15 is 0 Å². The Morgan fingerprint density at radius 1 is 1.33 bits per heavy atom. The standard InChI is InChI=1S/C13H17BrO/c1-10(7-8-14)15-13-6-5-11-3-2-4-12(11)9-13/h5-6,9-10H,2-4,7-8H2,1H3. The van der Waals surface area contributed by atoms with Gasteiger partial charge in [0.2, 0.25) is 0 Å². The van der Waals surface area contributed by atoms with Gasteiger partial charge in [0.25, 0.3) is 0 Å². The molecule has 0 spiro atoms. The maximum absolute atomic E-state index is 5.85. The molecule has 1 nitrogen and oxygen atoms in total. The van der Waals surface area contributed by atoms with E-state index in [0.717, 1.165) is 17.5 Å². The van der Waals surface area contributed by atoms with Gasteiger partial charge in [0.15, 0.2) is 0 Å². The third-order valence-corrected chi connectivity index (χ3v) is 3.38. The second-order valence-corrected chi connectivity index (χ2v) is 4.98. The Labute approximate surface area is 100.0 Å². The van der Waals surface area contributed by atoms with Crippen LogP contribution in [0.1, 0.15) is 30.9 Å². The van der Waals surface area contributed by atoms with Crippen LogP contribution in [0.25, 0.3) is 0 Å². The second kappa shape index (κ2) is 5.02. The van der Waals surface area contributed by atoms with Gasteiger partial charge in [-0.05, 0) is 55.9 Å². The van der Waals surface area contributed by atoms with Crippen LogP contribution in [0.15, 0.2) is 18.2 Å². The lowest BCUT2D eigenvalue weighted by molar-refractivity contribution is 0.219. The van der Waals surface area contributed by atoms with Gasteiger partial charge in [-0.3, -0.25) is 0 Å². The maximum Gasteiger partial charge on any atom is 0.119 e. The van der Waals surface area contributed by atoms with Crippen molar-refractivity contribution >= 4 is 15.9 Å². The second-order valence-electron chi connectivity index (χ2n) is 4.19. The lowest BCUT2D eigenvalue weighted by Gasteiger charge is -2.14. The molecule has 0 aromatic heterocycles. The zero-order chi connectivity index (χ0) is 10.7. The highest BCUT2D eigenvalue weighted by Crippen LogP contribution is 2.26. The van der Waals surface area contributed by atoms with Crippen LogP contribution in [0.2, 0.25) is 0 Å². The molecular formula is C13H17BrO. The fourth-order valence-corrected chi connectivity index (χ4v) is 2.71. The van der Waals surface area contributed by atoms with Gasteiger partial charge in [0.1, 0.15) is 5.75 Å². The highest BCUT2D eigenvalue weighted by Gasteiger charge is 2.12. The molecule has 1 unspecified atom stereocenters. The molecule has 1 aromatic rings. The molecule has 0 saturated heterocycles. The molecule has 0 saturated carbocycles. The summed E-state index contributed by atoms with van der Waals surface area (Å²) in [5, 5.41) is 0.999. The summed E-state index contributed by atoms with van der Waals surface area (Å²) in [6.45, 7) is 2.12. The largest absolute Gasteiger partial charge is 0.491 e. The number of alkyl halides is 1. The Bertz CT molecular complexity index is 335. The molecule has 0 heterocycles. The van der Waals surface area contributed by atoms with Crippen molar-refractivity contribution in [3.8, 4) is 5.75 Å². The lowest BCUT2D eigenvalue weighted by atomic mass is 10.1. The molecule has 0 N–H and O–H groups in total. The predicted octanol–water partition coefficient (Wildman–Crippen LogP) is 3.73. The predicted molar refractivity (Wildman–Crippen MR) is 67.0 cm³/mol. The number of halogens is 1. The summed E-state index contributed by atoms with van der Waals surface area (Å²) in [4.78, 5) is 0. The molecule has 0 amide bonds. The number of fused-ring (bicyclic) bond motifs is 1. The zero-order valence-electron chi connectivity index (χ0n) is 9.13. The van der Waals surface area contributed by atoms with Crippen molar-refractivity contribution in [1.29, 1.82) is 0 Å². The smallest absolute Gasteiger partial charge is 0.119 e. The van der Waals surface area contributed by atoms with Crippen LogP contribution in [0.3, 0.4) is 0 Å². The van der Waals surface area contributed by atoms with Crippen molar-refractivity contribution in [2.45, 2.75) is 38.7 Å². The van der Waals surface area contributed by atoms with Gasteiger partial charge in [-0.25, -0.2) is 0 Å². The van der Waals surface area contributed by atoms with E-state index in [9.17, 15) is 0 Å². The first-order chi connectivity index (χ1) is 7.29. The molecular weight excluding hydrogens is 252 g/mol. The van der Waals surface area contributed by atoms with E-state index in [1.165, 1.54) is 30.4 Å². The van der Waals surface area contributed by atoms with Crippen molar-refractivity contribution in [2.24, 2.45) is 0 Å². The molecule has 0 bridgehead atoms. The zero-order valence-corrected chi connectivity index (χ0v) is 10.7. The molecule has 0 aliphatic heterocycles. The molecule has 1 atom stereocenters. The first-order valence-corrected chi connectivity index (χ1v) is 6.76. The first kappa shape index (κ1) is 11.0. The van der Waals surface area contributed by atoms with Crippen molar-refractivity contribution in [3.63, 3.8) is 0 Å². The third-order valence-electron chi connectivity index (χ3n) is 2.92. The molecule has 1 aliphatic carbocycles. The number of hydrogen-bond acceptors (Lipinski definition) is 1. The fourth-order valence-electron chi connectivity index (χ4n) is 2.07. The molecule has 0 fully saturated rings. The molecule has 82 valence electrons. The number of rotatable bonds is 4. The summed E-state index contributed by atoms with van der Waals surface area (Å²) in [7, 11) is 0. The van der Waals surface area contributed by atoms with Crippen LogP contribution in [-0.2, 0) is 12.8 Å². The summed E-state index contributed by atoms with van der Waals surface area (Å²) in [5.74, 6) is 1.03. The topological polar surface area (TPSA) is 9.23 Å². The minimum Gasteiger partial charge on any atom is -0.491 e. The van der Waals surface area contributed by atoms with Crippen molar-refractivity contribution < 1.29 is 4.74 Å². The summed E-state index contributed by atoms with van der Waals surface area (Å²) in [6.07, 6.45) is 5.11. The number of benzene rings is 1. The van der Waals surface area contributed by atoms with Crippen LogP contribution in [-0.4, -0.2) is 11.4 Å². The maximum atomic E-state index is 5.85. The minimum atomic E-state index is 0.295. The minimum absolute atomic E-state index is 0.295. The van der Waals surface area contributed by atoms with Gasteiger partial charge in [0, 0.05) is 5.33 Å². The average Bonchev–Trinajstić information content (AvgIpc) is 2.65. The Morgan fingerprint density at radius 3 is 2.93 bits per heavy atom. The monoisotopic (exact) mass is 268 g/mol. The number of aryl methyl sites for hydroxylation is 2. The van der Waals surface area contributed by atoms with Gasteiger partial charge in [0.05, 0.1) is 6.10 Å². The van der Waals surface area contributed by atoms with E-state index in [0.29, 0.717) is 6.10 Å². The quantitative estimate of drug-likeness (QED) is 0.757. The van der Waals surface area contributed by atoms with Gasteiger partial charge in [-0.15, -0.1) is 0 Å². The Kier molecular flexibility index (Phi) is 3.68. The number of ether oxygens (including phenoxy) is 1. The SMILES string of the molecule is CC(CCBr)Oc1ccc2c(c1)CCC2. The molecule has 1 aliphatic rings. The van der Waals surface area contributed by atoms with E-state index < -0.39 is 0 Å². The molecule has 15 heavy (non-hydrogen) atoms. The highest BCUT2D eigenvalue weighted by molar-refractivity contribution is 9.09. The van der Waals surface area contributed by atoms with Crippen LogP contribution >= 0.6 is 15.9 Å². The Hall–Kier alpha value is -0.500. The molecule has 1 aromatic carbocycles. The number of hydrogen-bond donors (Lipinski definition) is 0. The van der Waals surface area contributed by atoms with Gasteiger partial charge < -0.3 is 4.74 Å². The van der Waals surface area contributed by atoms with E-state index in [-0.39, 0.29) is 0 Å². The van der Waals surface area contributed by atoms with Crippen LogP contribution in [0.4, 0.5) is 0 Å². The Morgan fingerprint density at radius 2 is 2.13 bits per heavy atom. The van der Waals surface area contributed by atoms with E-state index in [1.54, 1.807) is 0 Å². The van der Waals surface area contributed by atoms with Crippen LogP contribution < -0.4 is 4.74 Å². The normalized spacial score (nSPS) is 16.1. The highest BCUT2D eigenvalue weighted by atomic mass is 79.9. The Balaban J connectivity index is 2.03.